The van der Waals surface area contributed by atoms with E-state index in [0.29, 0.717) is 0 Å². The minimum absolute atomic E-state index is 0.267. The summed E-state index contributed by atoms with van der Waals surface area (Å²) >= 11 is 0. The lowest BCUT2D eigenvalue weighted by Crippen LogP contribution is -2.46. The van der Waals surface area contributed by atoms with Crippen molar-refractivity contribution in [2.45, 2.75) is 37.9 Å². The van der Waals surface area contributed by atoms with E-state index in [1.165, 1.54) is 0 Å². The van der Waals surface area contributed by atoms with Crippen molar-refractivity contribution in [3.63, 3.8) is 0 Å². The Hall–Kier alpha value is -2.00. The maximum atomic E-state index is 11.8. The Morgan fingerprint density at radius 2 is 1.75 bits per heavy atom. The summed E-state index contributed by atoms with van der Waals surface area (Å²) in [5.41, 5.74) is 0. The summed E-state index contributed by atoms with van der Waals surface area (Å²) in [7, 11) is 0. The summed E-state index contributed by atoms with van der Waals surface area (Å²) in [6, 6.07) is -2.36. The van der Waals surface area contributed by atoms with Gasteiger partial charge in [-0.05, 0) is 12.8 Å². The molecule has 7 nitrogen and oxygen atoms in total. The Morgan fingerprint density at radius 3 is 2.20 bits per heavy atom. The lowest BCUT2D eigenvalue weighted by atomic mass is 10.1. The fraction of sp³-hybridized carbons (Fsp3) is 0.700. The smallest absolute Gasteiger partial charge is 0.389 e. The largest absolute Gasteiger partial charge is 0.481 e. The zero-order chi connectivity index (χ0) is 15.8. The Kier molecular flexibility index (Phi) is 7.40. The molecule has 0 aromatic carbocycles. The van der Waals surface area contributed by atoms with Crippen molar-refractivity contribution < 1.29 is 37.8 Å². The van der Waals surface area contributed by atoms with Crippen molar-refractivity contribution in [1.82, 2.24) is 10.6 Å². The van der Waals surface area contributed by atoms with E-state index in [0.717, 1.165) is 0 Å². The molecule has 0 heterocycles. The Bertz CT molecular complexity index is 359. The number of carboxylic acid groups (broad SMARTS) is 2. The van der Waals surface area contributed by atoms with E-state index in [4.69, 9.17) is 10.2 Å². The number of carbonyl (C=O) groups excluding carboxylic acids is 1. The van der Waals surface area contributed by atoms with Crippen LogP contribution in [0.1, 0.15) is 25.7 Å². The van der Waals surface area contributed by atoms with Crippen LogP contribution in [0.2, 0.25) is 0 Å². The van der Waals surface area contributed by atoms with E-state index >= 15 is 0 Å². The molecule has 0 bridgehead atoms. The van der Waals surface area contributed by atoms with Crippen LogP contribution in [0, 0.1) is 0 Å². The van der Waals surface area contributed by atoms with E-state index in [9.17, 15) is 27.6 Å². The molecule has 0 aliphatic rings. The van der Waals surface area contributed by atoms with E-state index in [-0.39, 0.29) is 19.4 Å². The minimum atomic E-state index is -4.32. The van der Waals surface area contributed by atoms with Gasteiger partial charge in [-0.3, -0.25) is 4.79 Å². The second-order valence-electron chi connectivity index (χ2n) is 3.94. The molecule has 0 saturated carbocycles. The summed E-state index contributed by atoms with van der Waals surface area (Å²) in [4.78, 5) is 32.2. The Morgan fingerprint density at radius 1 is 1.15 bits per heavy atom. The van der Waals surface area contributed by atoms with Crippen molar-refractivity contribution >= 4 is 18.0 Å². The van der Waals surface area contributed by atoms with Gasteiger partial charge in [0, 0.05) is 19.4 Å². The van der Waals surface area contributed by atoms with Crippen LogP contribution >= 0.6 is 0 Å². The van der Waals surface area contributed by atoms with Crippen LogP contribution in [0.15, 0.2) is 0 Å². The van der Waals surface area contributed by atoms with Gasteiger partial charge in [-0.15, -0.1) is 0 Å². The number of hydrogen-bond donors (Lipinski definition) is 4. The highest BCUT2D eigenvalue weighted by Gasteiger charge is 2.26. The third-order valence-corrected chi connectivity index (χ3v) is 2.17. The first-order chi connectivity index (χ1) is 9.11. The maximum absolute atomic E-state index is 11.8. The van der Waals surface area contributed by atoms with Gasteiger partial charge in [-0.25, -0.2) is 9.59 Å². The molecule has 0 aliphatic carbocycles. The van der Waals surface area contributed by atoms with E-state index < -0.39 is 43.0 Å². The first-order valence-electron chi connectivity index (χ1n) is 5.67. The molecule has 0 spiro atoms. The second kappa shape index (κ2) is 8.23. The first-order valence-corrected chi connectivity index (χ1v) is 5.67. The van der Waals surface area contributed by atoms with Crippen LogP contribution in [0.3, 0.4) is 0 Å². The van der Waals surface area contributed by atoms with Crippen LogP contribution < -0.4 is 10.6 Å². The molecule has 116 valence electrons. The number of amides is 2. The topological polar surface area (TPSA) is 116 Å². The van der Waals surface area contributed by atoms with Gasteiger partial charge in [0.05, 0.1) is 0 Å². The average Bonchev–Trinajstić information content (AvgIpc) is 2.28. The van der Waals surface area contributed by atoms with Crippen molar-refractivity contribution in [2.75, 3.05) is 6.54 Å². The van der Waals surface area contributed by atoms with Crippen LogP contribution in [0.4, 0.5) is 18.0 Å². The lowest BCUT2D eigenvalue weighted by Gasteiger charge is -2.14. The number of rotatable bonds is 8. The monoisotopic (exact) mass is 300 g/mol. The van der Waals surface area contributed by atoms with Gasteiger partial charge in [-0.1, -0.05) is 0 Å². The Labute approximate surface area is 112 Å². The fourth-order valence-electron chi connectivity index (χ4n) is 1.23. The highest BCUT2D eigenvalue weighted by atomic mass is 19.4. The van der Waals surface area contributed by atoms with Crippen molar-refractivity contribution in [2.24, 2.45) is 0 Å². The number of nitrogens with one attached hydrogen (secondary N) is 2. The quantitative estimate of drug-likeness (QED) is 0.498. The Balaban J connectivity index is 4.01. The van der Waals surface area contributed by atoms with Gasteiger partial charge in [0.25, 0.3) is 0 Å². The molecular weight excluding hydrogens is 285 g/mol. The standard InChI is InChI=1S/C10H15F3N2O5/c11-10(12,13)4-1-5-14-9(20)15-6(8(18)19)2-3-7(16)17/h6H,1-5H2,(H,16,17)(H,18,19)(H2,14,15,20)/t6-/m0/s1. The van der Waals surface area contributed by atoms with Crippen molar-refractivity contribution in [3.05, 3.63) is 0 Å². The number of alkyl halides is 3. The minimum Gasteiger partial charge on any atom is -0.481 e. The highest BCUT2D eigenvalue weighted by molar-refractivity contribution is 5.82. The van der Waals surface area contributed by atoms with E-state index in [1.54, 1.807) is 0 Å². The highest BCUT2D eigenvalue weighted by Crippen LogP contribution is 2.20. The van der Waals surface area contributed by atoms with E-state index in [2.05, 4.69) is 5.32 Å². The normalized spacial score (nSPS) is 12.6. The molecule has 0 radical (unpaired) electrons. The van der Waals surface area contributed by atoms with Gasteiger partial charge >= 0.3 is 24.1 Å². The van der Waals surface area contributed by atoms with Crippen LogP contribution in [0.25, 0.3) is 0 Å². The maximum Gasteiger partial charge on any atom is 0.389 e. The second-order valence-corrected chi connectivity index (χ2v) is 3.94. The number of aliphatic carboxylic acids is 2. The third-order valence-electron chi connectivity index (χ3n) is 2.17. The zero-order valence-corrected chi connectivity index (χ0v) is 10.4. The van der Waals surface area contributed by atoms with E-state index in [1.807, 2.05) is 5.32 Å². The third kappa shape index (κ3) is 9.97. The number of carbonyl (C=O) groups is 3. The molecule has 2 amide bonds. The molecule has 4 N–H and O–H groups in total. The molecule has 10 heteroatoms. The molecular formula is C10H15F3N2O5. The van der Waals surface area contributed by atoms with Crippen molar-refractivity contribution in [3.8, 4) is 0 Å². The average molecular weight is 300 g/mol. The SMILES string of the molecule is O=C(O)CC[C@H](NC(=O)NCCCC(F)(F)F)C(=O)O. The van der Waals surface area contributed by atoms with Gasteiger partial charge in [0.1, 0.15) is 6.04 Å². The molecule has 0 saturated heterocycles. The molecule has 20 heavy (non-hydrogen) atoms. The molecule has 0 aromatic heterocycles. The number of halogens is 3. The summed E-state index contributed by atoms with van der Waals surface area (Å²) in [5, 5.41) is 21.2. The predicted molar refractivity (Wildman–Crippen MR) is 60.1 cm³/mol. The van der Waals surface area contributed by atoms with Gasteiger partial charge < -0.3 is 20.8 Å². The van der Waals surface area contributed by atoms with Gasteiger partial charge in [0.15, 0.2) is 0 Å². The first kappa shape index (κ1) is 18.0. The lowest BCUT2D eigenvalue weighted by molar-refractivity contribution is -0.140. The molecule has 0 rings (SSSR count). The predicted octanol–water partition coefficient (Wildman–Crippen LogP) is 0.946. The number of hydrogen-bond acceptors (Lipinski definition) is 3. The van der Waals surface area contributed by atoms with Crippen LogP contribution in [0.5, 0.6) is 0 Å². The zero-order valence-electron chi connectivity index (χ0n) is 10.4. The molecule has 0 unspecified atom stereocenters. The number of urea groups is 1. The number of carboxylic acids is 2. The fourth-order valence-corrected chi connectivity index (χ4v) is 1.23. The molecule has 0 fully saturated rings. The van der Waals surface area contributed by atoms with Gasteiger partial charge in [0.2, 0.25) is 0 Å². The van der Waals surface area contributed by atoms with Crippen LogP contribution in [-0.4, -0.2) is 46.9 Å². The van der Waals surface area contributed by atoms with Gasteiger partial charge in [-0.2, -0.15) is 13.2 Å². The summed E-state index contributed by atoms with van der Waals surface area (Å²) < 4.78 is 35.4. The van der Waals surface area contributed by atoms with Crippen molar-refractivity contribution in [1.29, 1.82) is 0 Å². The summed E-state index contributed by atoms with van der Waals surface area (Å²) in [6.07, 6.45) is -6.48. The molecule has 1 atom stereocenters. The summed E-state index contributed by atoms with van der Waals surface area (Å²) in [5.74, 6) is -2.64. The molecule has 0 aliphatic heterocycles. The molecule has 0 aromatic rings. The van der Waals surface area contributed by atoms with Crippen LogP contribution in [-0.2, 0) is 9.59 Å². The summed E-state index contributed by atoms with van der Waals surface area (Å²) in [6.45, 7) is -0.267.